The number of nitrogens with one attached hydrogen (secondary N) is 1. The van der Waals surface area contributed by atoms with E-state index in [1.165, 1.54) is 0 Å². The molecule has 0 aliphatic rings. The van der Waals surface area contributed by atoms with Gasteiger partial charge in [0.15, 0.2) is 0 Å². The molecule has 0 heterocycles. The van der Waals surface area contributed by atoms with E-state index in [1.807, 2.05) is 25.9 Å². The van der Waals surface area contributed by atoms with Gasteiger partial charge in [-0.15, -0.1) is 0 Å². The highest BCUT2D eigenvalue weighted by atomic mass is 16.3. The molecule has 0 spiro atoms. The van der Waals surface area contributed by atoms with Gasteiger partial charge in [0.25, 0.3) is 0 Å². The minimum Gasteiger partial charge on any atom is -0.395 e. The van der Waals surface area contributed by atoms with E-state index in [0.717, 1.165) is 13.1 Å². The van der Waals surface area contributed by atoms with E-state index in [1.54, 1.807) is 13.8 Å². The lowest BCUT2D eigenvalue weighted by atomic mass is 10.3. The first-order valence-electron chi connectivity index (χ1n) is 4.56. The molecular formula is C9H24N2O2. The van der Waals surface area contributed by atoms with Crippen molar-refractivity contribution in [1.82, 2.24) is 10.2 Å². The first-order valence-corrected chi connectivity index (χ1v) is 4.56. The summed E-state index contributed by atoms with van der Waals surface area (Å²) in [6.07, 6.45) is 0. The molecule has 0 amide bonds. The first kappa shape index (κ1) is 15.3. The largest absolute Gasteiger partial charge is 0.395 e. The van der Waals surface area contributed by atoms with Crippen molar-refractivity contribution in [3.8, 4) is 0 Å². The highest BCUT2D eigenvalue weighted by molar-refractivity contribution is 4.57. The smallest absolute Gasteiger partial charge is 0.110 e. The summed E-state index contributed by atoms with van der Waals surface area (Å²) in [4.78, 5) is 1.93. The molecule has 0 aromatic rings. The van der Waals surface area contributed by atoms with Crippen molar-refractivity contribution < 1.29 is 10.2 Å². The zero-order valence-electron chi connectivity index (χ0n) is 9.46. The minimum atomic E-state index is -0.700. The minimum absolute atomic E-state index is 0.257. The molecule has 82 valence electrons. The van der Waals surface area contributed by atoms with Crippen LogP contribution in [0.25, 0.3) is 0 Å². The van der Waals surface area contributed by atoms with Gasteiger partial charge in [-0.25, -0.2) is 0 Å². The maximum absolute atomic E-state index is 8.91. The van der Waals surface area contributed by atoms with E-state index in [9.17, 15) is 0 Å². The standard InChI is InChI=1S/C5H13NO.C4H11NO/c1-4-6-5(2,3)7;1-5(2)3-4-6/h6-7H,4H2,1-3H3;6H,3-4H2,1-2H3. The van der Waals surface area contributed by atoms with E-state index in [0.29, 0.717) is 0 Å². The van der Waals surface area contributed by atoms with Crippen LogP contribution in [-0.4, -0.2) is 54.6 Å². The fraction of sp³-hybridized carbons (Fsp3) is 1.00. The van der Waals surface area contributed by atoms with Crippen LogP contribution in [0.2, 0.25) is 0 Å². The topological polar surface area (TPSA) is 55.7 Å². The van der Waals surface area contributed by atoms with Crippen molar-refractivity contribution in [2.75, 3.05) is 33.8 Å². The van der Waals surface area contributed by atoms with Crippen molar-refractivity contribution in [3.63, 3.8) is 0 Å². The van der Waals surface area contributed by atoms with E-state index in [2.05, 4.69) is 5.32 Å². The lowest BCUT2D eigenvalue weighted by molar-refractivity contribution is 0.0457. The predicted molar refractivity (Wildman–Crippen MR) is 55.6 cm³/mol. The fourth-order valence-corrected chi connectivity index (χ4v) is 0.633. The van der Waals surface area contributed by atoms with Crippen molar-refractivity contribution in [3.05, 3.63) is 0 Å². The molecule has 0 saturated heterocycles. The highest BCUT2D eigenvalue weighted by Gasteiger charge is 2.06. The summed E-state index contributed by atoms with van der Waals surface area (Å²) in [7, 11) is 3.85. The van der Waals surface area contributed by atoms with Gasteiger partial charge < -0.3 is 15.1 Å². The van der Waals surface area contributed by atoms with Crippen LogP contribution in [0.1, 0.15) is 20.8 Å². The number of likely N-dealkylation sites (N-methyl/N-ethyl adjacent to an activating group) is 1. The zero-order chi connectivity index (χ0) is 10.9. The van der Waals surface area contributed by atoms with Gasteiger partial charge in [-0.2, -0.15) is 0 Å². The van der Waals surface area contributed by atoms with Gasteiger partial charge in [0.05, 0.1) is 6.61 Å². The van der Waals surface area contributed by atoms with Crippen molar-refractivity contribution >= 4 is 0 Å². The van der Waals surface area contributed by atoms with Crippen molar-refractivity contribution in [2.45, 2.75) is 26.5 Å². The Morgan fingerprint density at radius 3 is 1.77 bits per heavy atom. The maximum Gasteiger partial charge on any atom is 0.110 e. The molecule has 0 fully saturated rings. The molecule has 13 heavy (non-hydrogen) atoms. The zero-order valence-corrected chi connectivity index (χ0v) is 9.46. The molecule has 0 rings (SSSR count). The van der Waals surface area contributed by atoms with Crippen LogP contribution in [0.4, 0.5) is 0 Å². The second-order valence-electron chi connectivity index (χ2n) is 3.62. The van der Waals surface area contributed by atoms with Crippen LogP contribution in [0.15, 0.2) is 0 Å². The van der Waals surface area contributed by atoms with E-state index in [-0.39, 0.29) is 6.61 Å². The quantitative estimate of drug-likeness (QED) is 0.543. The Bertz CT molecular complexity index is 100. The number of hydrogen-bond donors (Lipinski definition) is 3. The Morgan fingerprint density at radius 2 is 1.77 bits per heavy atom. The summed E-state index contributed by atoms with van der Waals surface area (Å²) in [5.74, 6) is 0. The molecule has 0 aromatic carbocycles. The summed E-state index contributed by atoms with van der Waals surface area (Å²) >= 11 is 0. The molecule has 4 nitrogen and oxygen atoms in total. The molecule has 4 heteroatoms. The predicted octanol–water partition coefficient (Wildman–Crippen LogP) is -0.135. The molecule has 0 aliphatic carbocycles. The van der Waals surface area contributed by atoms with Crippen LogP contribution in [0, 0.1) is 0 Å². The Balaban J connectivity index is 0. The lowest BCUT2D eigenvalue weighted by Crippen LogP contribution is -2.38. The first-order chi connectivity index (χ1) is 5.83. The SMILES string of the molecule is CCNC(C)(C)O.CN(C)CCO. The van der Waals surface area contributed by atoms with Gasteiger partial charge in [-0.1, -0.05) is 6.92 Å². The summed E-state index contributed by atoms with van der Waals surface area (Å²) in [5.41, 5.74) is -0.700. The Kier molecular flexibility index (Phi) is 9.94. The molecule has 0 aromatic heterocycles. The van der Waals surface area contributed by atoms with E-state index < -0.39 is 5.72 Å². The molecule has 0 saturated carbocycles. The molecule has 0 aliphatic heterocycles. The summed E-state index contributed by atoms with van der Waals surface area (Å²) in [6.45, 7) is 7.22. The lowest BCUT2D eigenvalue weighted by Gasteiger charge is -2.16. The van der Waals surface area contributed by atoms with Crippen LogP contribution < -0.4 is 5.32 Å². The van der Waals surface area contributed by atoms with Crippen LogP contribution in [0.3, 0.4) is 0 Å². The van der Waals surface area contributed by atoms with Gasteiger partial charge in [0, 0.05) is 6.54 Å². The Hall–Kier alpha value is -0.160. The molecule has 0 bridgehead atoms. The van der Waals surface area contributed by atoms with E-state index in [4.69, 9.17) is 10.2 Å². The van der Waals surface area contributed by atoms with E-state index >= 15 is 0 Å². The second kappa shape index (κ2) is 8.44. The van der Waals surface area contributed by atoms with Crippen LogP contribution in [0.5, 0.6) is 0 Å². The van der Waals surface area contributed by atoms with Crippen LogP contribution in [-0.2, 0) is 0 Å². The van der Waals surface area contributed by atoms with Gasteiger partial charge in [-0.3, -0.25) is 5.32 Å². The average molecular weight is 192 g/mol. The van der Waals surface area contributed by atoms with Gasteiger partial charge in [-0.05, 0) is 34.5 Å². The van der Waals surface area contributed by atoms with Gasteiger partial charge in [0.2, 0.25) is 0 Å². The third-order valence-corrected chi connectivity index (χ3v) is 1.16. The third-order valence-electron chi connectivity index (χ3n) is 1.16. The summed E-state index contributed by atoms with van der Waals surface area (Å²) in [6, 6.07) is 0. The molecule has 3 N–H and O–H groups in total. The number of rotatable bonds is 4. The second-order valence-corrected chi connectivity index (χ2v) is 3.62. The van der Waals surface area contributed by atoms with Crippen molar-refractivity contribution in [2.24, 2.45) is 0 Å². The number of hydrogen-bond acceptors (Lipinski definition) is 4. The van der Waals surface area contributed by atoms with Gasteiger partial charge >= 0.3 is 0 Å². The Labute approximate surface area is 81.6 Å². The normalized spacial score (nSPS) is 11.1. The highest BCUT2D eigenvalue weighted by Crippen LogP contribution is 1.90. The van der Waals surface area contributed by atoms with Crippen LogP contribution >= 0.6 is 0 Å². The fourth-order valence-electron chi connectivity index (χ4n) is 0.633. The number of aliphatic hydroxyl groups is 2. The van der Waals surface area contributed by atoms with Crippen molar-refractivity contribution in [1.29, 1.82) is 0 Å². The monoisotopic (exact) mass is 192 g/mol. The van der Waals surface area contributed by atoms with Gasteiger partial charge in [0.1, 0.15) is 5.72 Å². The Morgan fingerprint density at radius 1 is 1.31 bits per heavy atom. The summed E-state index contributed by atoms with van der Waals surface area (Å²) < 4.78 is 0. The number of aliphatic hydroxyl groups excluding tert-OH is 1. The molecular weight excluding hydrogens is 168 g/mol. The molecule has 0 unspecified atom stereocenters. The molecule has 0 radical (unpaired) electrons. The average Bonchev–Trinajstić information content (AvgIpc) is 1.84. The number of nitrogens with zero attached hydrogens (tertiary/aromatic N) is 1. The maximum atomic E-state index is 8.91. The summed E-state index contributed by atoms with van der Waals surface area (Å²) in [5, 5.41) is 19.9. The molecule has 0 atom stereocenters. The third kappa shape index (κ3) is 24.5.